The van der Waals surface area contributed by atoms with Crippen molar-refractivity contribution in [2.75, 3.05) is 7.11 Å². The van der Waals surface area contributed by atoms with Gasteiger partial charge in [0, 0.05) is 25.2 Å². The number of ketones is 2. The van der Waals surface area contributed by atoms with Crippen LogP contribution in [-0.2, 0) is 19.1 Å². The van der Waals surface area contributed by atoms with E-state index in [1.54, 1.807) is 6.92 Å². The monoisotopic (exact) mass is 334 g/mol. The van der Waals surface area contributed by atoms with Crippen LogP contribution in [0.3, 0.4) is 0 Å². The zero-order valence-corrected chi connectivity index (χ0v) is 15.6. The van der Waals surface area contributed by atoms with Crippen molar-refractivity contribution in [3.05, 3.63) is 0 Å². The van der Waals surface area contributed by atoms with Gasteiger partial charge in [0.05, 0.1) is 12.5 Å². The lowest BCUT2D eigenvalue weighted by atomic mass is 9.42. The molecule has 3 rings (SSSR count). The van der Waals surface area contributed by atoms with E-state index >= 15 is 0 Å². The van der Waals surface area contributed by atoms with Crippen LogP contribution in [0.4, 0.5) is 0 Å². The van der Waals surface area contributed by atoms with Gasteiger partial charge in [-0.3, -0.25) is 14.4 Å². The molecule has 3 aliphatic carbocycles. The fourth-order valence-corrected chi connectivity index (χ4v) is 6.68. The van der Waals surface area contributed by atoms with E-state index < -0.39 is 22.7 Å². The Morgan fingerprint density at radius 1 is 1.12 bits per heavy atom. The van der Waals surface area contributed by atoms with Crippen molar-refractivity contribution in [2.45, 2.75) is 59.8 Å². The average molecular weight is 334 g/mol. The summed E-state index contributed by atoms with van der Waals surface area (Å²) in [5.74, 6) is 1.26. The predicted octanol–water partition coefficient (Wildman–Crippen LogP) is 3.42. The Balaban J connectivity index is 2.09. The second-order valence-corrected chi connectivity index (χ2v) is 9.23. The molecule has 3 saturated carbocycles. The van der Waals surface area contributed by atoms with Gasteiger partial charge in [-0.1, -0.05) is 20.8 Å². The van der Waals surface area contributed by atoms with E-state index in [4.69, 9.17) is 4.74 Å². The Morgan fingerprint density at radius 3 is 2.42 bits per heavy atom. The minimum Gasteiger partial charge on any atom is -0.469 e. The van der Waals surface area contributed by atoms with Crippen molar-refractivity contribution in [3.63, 3.8) is 0 Å². The SMILES string of the molecule is COC(=O)[C@]1(C)CC(=O)C[C@@]2(C)[C@@H]3C[C@@H](C)C[C@@H](C)[C@H]3CC(=O)[C@@H]21. The molecule has 3 fully saturated rings. The highest BCUT2D eigenvalue weighted by Crippen LogP contribution is 2.63. The smallest absolute Gasteiger partial charge is 0.312 e. The van der Waals surface area contributed by atoms with Crippen LogP contribution in [-0.4, -0.2) is 24.6 Å². The highest BCUT2D eigenvalue weighted by molar-refractivity contribution is 5.97. The summed E-state index contributed by atoms with van der Waals surface area (Å²) < 4.78 is 5.02. The molecule has 0 spiro atoms. The summed E-state index contributed by atoms with van der Waals surface area (Å²) in [7, 11) is 1.35. The third-order valence-corrected chi connectivity index (χ3v) is 7.37. The largest absolute Gasteiger partial charge is 0.469 e. The summed E-state index contributed by atoms with van der Waals surface area (Å²) in [6.45, 7) is 8.38. The van der Waals surface area contributed by atoms with E-state index in [2.05, 4.69) is 20.8 Å². The summed E-state index contributed by atoms with van der Waals surface area (Å²) in [6, 6.07) is 0. The predicted molar refractivity (Wildman–Crippen MR) is 90.1 cm³/mol. The van der Waals surface area contributed by atoms with Crippen molar-refractivity contribution in [2.24, 2.45) is 40.4 Å². The van der Waals surface area contributed by atoms with Crippen LogP contribution in [0.25, 0.3) is 0 Å². The van der Waals surface area contributed by atoms with Gasteiger partial charge in [0.15, 0.2) is 0 Å². The topological polar surface area (TPSA) is 60.4 Å². The Kier molecular flexibility index (Phi) is 4.17. The van der Waals surface area contributed by atoms with Gasteiger partial charge in [-0.2, -0.15) is 0 Å². The second kappa shape index (κ2) is 5.67. The molecule has 7 atom stereocenters. The van der Waals surface area contributed by atoms with Gasteiger partial charge in [0.25, 0.3) is 0 Å². The quantitative estimate of drug-likeness (QED) is 0.689. The number of hydrogen-bond donors (Lipinski definition) is 0. The molecule has 0 aromatic heterocycles. The Hall–Kier alpha value is -1.19. The molecule has 0 bridgehead atoms. The minimum absolute atomic E-state index is 0.0981. The molecular formula is C20H30O4. The average Bonchev–Trinajstić information content (AvgIpc) is 2.46. The van der Waals surface area contributed by atoms with Gasteiger partial charge >= 0.3 is 5.97 Å². The van der Waals surface area contributed by atoms with Crippen LogP contribution in [0.2, 0.25) is 0 Å². The first-order valence-corrected chi connectivity index (χ1v) is 9.26. The fourth-order valence-electron chi connectivity index (χ4n) is 6.68. The Labute approximate surface area is 144 Å². The number of rotatable bonds is 1. The number of esters is 1. The molecule has 134 valence electrons. The Morgan fingerprint density at radius 2 is 1.79 bits per heavy atom. The molecule has 0 N–H and O–H groups in total. The lowest BCUT2D eigenvalue weighted by Crippen LogP contribution is -2.62. The van der Waals surface area contributed by atoms with Crippen molar-refractivity contribution in [1.29, 1.82) is 0 Å². The zero-order valence-electron chi connectivity index (χ0n) is 15.6. The standard InChI is InChI=1S/C20H30O4/c1-11-6-12(2)14-8-16(22)17-19(3,15(14)7-11)9-13(21)10-20(17,4)18(23)24-5/h11-12,14-15,17H,6-10H2,1-5H3/t11-,12+,14+,15+,17-,19-,20+/m0/s1. The number of Topliss-reactive ketones (excluding diaryl/α,β-unsaturated/α-hetero) is 2. The molecule has 0 aromatic carbocycles. The lowest BCUT2D eigenvalue weighted by molar-refractivity contribution is -0.185. The van der Waals surface area contributed by atoms with Crippen LogP contribution in [0, 0.1) is 40.4 Å². The minimum atomic E-state index is -1.01. The molecule has 3 aliphatic rings. The van der Waals surface area contributed by atoms with Crippen molar-refractivity contribution in [3.8, 4) is 0 Å². The molecular weight excluding hydrogens is 304 g/mol. The normalized spacial score (nSPS) is 48.5. The molecule has 0 amide bonds. The van der Waals surface area contributed by atoms with Crippen molar-refractivity contribution >= 4 is 17.5 Å². The lowest BCUT2D eigenvalue weighted by Gasteiger charge is -2.60. The van der Waals surface area contributed by atoms with E-state index in [-0.39, 0.29) is 18.0 Å². The molecule has 0 aliphatic heterocycles. The van der Waals surface area contributed by atoms with Crippen LogP contribution in [0.5, 0.6) is 0 Å². The van der Waals surface area contributed by atoms with E-state index in [9.17, 15) is 14.4 Å². The molecule has 0 heterocycles. The first-order valence-electron chi connectivity index (χ1n) is 9.26. The molecule has 0 saturated heterocycles. The van der Waals surface area contributed by atoms with Crippen LogP contribution < -0.4 is 0 Å². The van der Waals surface area contributed by atoms with Gasteiger partial charge in [-0.25, -0.2) is 0 Å². The van der Waals surface area contributed by atoms with E-state index in [1.807, 2.05) is 0 Å². The number of carbonyl (C=O) groups is 3. The molecule has 4 nitrogen and oxygen atoms in total. The van der Waals surface area contributed by atoms with Crippen LogP contribution in [0.1, 0.15) is 59.8 Å². The summed E-state index contributed by atoms with van der Waals surface area (Å²) in [6.07, 6.45) is 3.32. The van der Waals surface area contributed by atoms with E-state index in [1.165, 1.54) is 7.11 Å². The third-order valence-electron chi connectivity index (χ3n) is 7.37. The highest BCUT2D eigenvalue weighted by atomic mass is 16.5. The third kappa shape index (κ3) is 2.36. The van der Waals surface area contributed by atoms with Gasteiger partial charge < -0.3 is 4.74 Å². The number of carbonyl (C=O) groups excluding carboxylic acids is 3. The number of methoxy groups -OCH3 is 1. The van der Waals surface area contributed by atoms with Gasteiger partial charge in [0.1, 0.15) is 11.6 Å². The number of hydrogen-bond acceptors (Lipinski definition) is 4. The molecule has 0 aromatic rings. The first kappa shape index (κ1) is 17.6. The molecule has 0 radical (unpaired) electrons. The summed E-state index contributed by atoms with van der Waals surface area (Å²) in [5.41, 5.74) is -1.42. The molecule has 4 heteroatoms. The fraction of sp³-hybridized carbons (Fsp3) is 0.850. The van der Waals surface area contributed by atoms with Crippen molar-refractivity contribution < 1.29 is 19.1 Å². The van der Waals surface area contributed by atoms with Gasteiger partial charge in [-0.15, -0.1) is 0 Å². The number of fused-ring (bicyclic) bond motifs is 3. The molecule has 0 unspecified atom stereocenters. The second-order valence-electron chi connectivity index (χ2n) is 9.23. The summed E-state index contributed by atoms with van der Waals surface area (Å²) in [4.78, 5) is 38.3. The summed E-state index contributed by atoms with van der Waals surface area (Å²) in [5, 5.41) is 0. The zero-order chi connectivity index (χ0) is 17.9. The maximum absolute atomic E-state index is 13.1. The van der Waals surface area contributed by atoms with Crippen LogP contribution in [0.15, 0.2) is 0 Å². The molecule has 24 heavy (non-hydrogen) atoms. The highest BCUT2D eigenvalue weighted by Gasteiger charge is 2.65. The summed E-state index contributed by atoms with van der Waals surface area (Å²) >= 11 is 0. The first-order chi connectivity index (χ1) is 11.1. The number of ether oxygens (including phenoxy) is 1. The van der Waals surface area contributed by atoms with E-state index in [0.717, 1.165) is 12.8 Å². The van der Waals surface area contributed by atoms with Gasteiger partial charge in [-0.05, 0) is 48.9 Å². The maximum Gasteiger partial charge on any atom is 0.312 e. The maximum atomic E-state index is 13.1. The van der Waals surface area contributed by atoms with Crippen molar-refractivity contribution in [1.82, 2.24) is 0 Å². The Bertz CT molecular complexity index is 582. The van der Waals surface area contributed by atoms with Crippen LogP contribution >= 0.6 is 0 Å². The van der Waals surface area contributed by atoms with E-state index in [0.29, 0.717) is 36.5 Å². The van der Waals surface area contributed by atoms with Gasteiger partial charge in [0.2, 0.25) is 0 Å².